The van der Waals surface area contributed by atoms with Crippen molar-refractivity contribution in [2.45, 2.75) is 36.3 Å². The van der Waals surface area contributed by atoms with Crippen molar-refractivity contribution in [3.05, 3.63) is 41.6 Å². The van der Waals surface area contributed by atoms with Gasteiger partial charge in [-0.05, 0) is 23.8 Å². The molecule has 2 heterocycles. The van der Waals surface area contributed by atoms with E-state index in [-0.39, 0.29) is 18.0 Å². The minimum absolute atomic E-state index is 0.0610. The summed E-state index contributed by atoms with van der Waals surface area (Å²) in [7, 11) is 1.48. The van der Waals surface area contributed by atoms with Gasteiger partial charge >= 0.3 is 0 Å². The van der Waals surface area contributed by atoms with Gasteiger partial charge in [0.1, 0.15) is 29.6 Å². The number of hydrogen-bond donors (Lipinski definition) is 2. The molecule has 26 heavy (non-hydrogen) atoms. The van der Waals surface area contributed by atoms with Crippen molar-refractivity contribution in [2.24, 2.45) is 0 Å². The zero-order valence-corrected chi connectivity index (χ0v) is 14.8. The predicted molar refractivity (Wildman–Crippen MR) is 90.8 cm³/mol. The number of rotatable bonds is 5. The summed E-state index contributed by atoms with van der Waals surface area (Å²) in [6.07, 6.45) is -6.25. The van der Waals surface area contributed by atoms with Crippen LogP contribution in [-0.2, 0) is 4.74 Å². The average molecular weight is 391 g/mol. The van der Waals surface area contributed by atoms with E-state index in [1.807, 2.05) is 0 Å². The van der Waals surface area contributed by atoms with Crippen molar-refractivity contribution >= 4 is 11.8 Å². The summed E-state index contributed by atoms with van der Waals surface area (Å²) in [5, 5.41) is 20.0. The second-order valence-electron chi connectivity index (χ2n) is 6.08. The van der Waals surface area contributed by atoms with Crippen molar-refractivity contribution in [1.82, 2.24) is 4.90 Å². The van der Waals surface area contributed by atoms with Gasteiger partial charge in [0.2, 0.25) is 0 Å². The summed E-state index contributed by atoms with van der Waals surface area (Å²) in [5.41, 5.74) is -0.854. The highest BCUT2D eigenvalue weighted by Gasteiger charge is 2.48. The van der Waals surface area contributed by atoms with Crippen LogP contribution in [0.25, 0.3) is 0 Å². The van der Waals surface area contributed by atoms with E-state index in [0.29, 0.717) is 5.75 Å². The van der Waals surface area contributed by atoms with Crippen LogP contribution in [0.1, 0.15) is 11.7 Å². The molecule has 0 bridgehead atoms. The summed E-state index contributed by atoms with van der Waals surface area (Å²) in [6.45, 7) is -0.0610. The molecule has 2 N–H and O–H groups in total. The number of allylic oxidation sites excluding steroid dienone is 2. The number of benzene rings is 1. The van der Waals surface area contributed by atoms with Gasteiger partial charge in [-0.3, -0.25) is 0 Å². The molecule has 0 aliphatic carbocycles. The van der Waals surface area contributed by atoms with Crippen LogP contribution in [0.5, 0.6) is 5.75 Å². The Hall–Kier alpha value is -1.42. The topological polar surface area (TPSA) is 62.2 Å². The Morgan fingerprint density at radius 1 is 1.31 bits per heavy atom. The van der Waals surface area contributed by atoms with E-state index in [4.69, 9.17) is 9.47 Å². The Morgan fingerprint density at radius 3 is 2.62 bits per heavy atom. The van der Waals surface area contributed by atoms with E-state index >= 15 is 0 Å². The minimum Gasteiger partial charge on any atom is -0.497 e. The fourth-order valence-corrected chi connectivity index (χ4v) is 4.38. The first-order valence-electron chi connectivity index (χ1n) is 8.06. The van der Waals surface area contributed by atoms with Crippen molar-refractivity contribution in [1.29, 1.82) is 0 Å². The number of methoxy groups -OCH3 is 1. The van der Waals surface area contributed by atoms with E-state index in [1.165, 1.54) is 35.9 Å². The molecule has 2 fully saturated rings. The number of hydrogen-bond acceptors (Lipinski definition) is 6. The molecule has 0 saturated carbocycles. The van der Waals surface area contributed by atoms with Gasteiger partial charge in [-0.1, -0.05) is 12.1 Å². The molecular weight excluding hydrogens is 371 g/mol. The van der Waals surface area contributed by atoms with Gasteiger partial charge in [-0.2, -0.15) is 0 Å². The lowest BCUT2D eigenvalue weighted by molar-refractivity contribution is -0.132. The fraction of sp³-hybridized carbons (Fsp3) is 0.529. The van der Waals surface area contributed by atoms with Crippen molar-refractivity contribution in [2.75, 3.05) is 19.6 Å². The van der Waals surface area contributed by atoms with Gasteiger partial charge in [0.15, 0.2) is 0 Å². The molecular formula is C17H20F3NO4S. The third-order valence-corrected chi connectivity index (χ3v) is 5.67. The molecule has 9 heteroatoms. The predicted octanol–water partition coefficient (Wildman–Crippen LogP) is 2.31. The first-order valence-corrected chi connectivity index (χ1v) is 9.11. The zero-order chi connectivity index (χ0) is 18.8. The maximum atomic E-state index is 14.6. The molecule has 2 aliphatic heterocycles. The molecule has 3 rings (SSSR count). The summed E-state index contributed by atoms with van der Waals surface area (Å²) >= 11 is 1.23. The van der Waals surface area contributed by atoms with Crippen molar-refractivity contribution in [3.8, 4) is 5.75 Å². The quantitative estimate of drug-likeness (QED) is 0.803. The minimum atomic E-state index is -2.93. The number of aliphatic hydroxyl groups is 2. The highest BCUT2D eigenvalue weighted by Crippen LogP contribution is 2.40. The number of aliphatic hydroxyl groups excluding tert-OH is 2. The van der Waals surface area contributed by atoms with Gasteiger partial charge in [0.25, 0.3) is 6.43 Å². The van der Waals surface area contributed by atoms with Crippen LogP contribution < -0.4 is 4.74 Å². The largest absolute Gasteiger partial charge is 0.497 e. The van der Waals surface area contributed by atoms with E-state index in [2.05, 4.69) is 0 Å². The Kier molecular flexibility index (Phi) is 6.01. The van der Waals surface area contributed by atoms with Gasteiger partial charge in [0, 0.05) is 0 Å². The van der Waals surface area contributed by atoms with Crippen LogP contribution in [0.3, 0.4) is 0 Å². The standard InChI is InChI=1S/C17H20F3NO4S/c1-24-10-4-2-9(3-5-10)11(18)6-12(16(19)20)21-8-26-17-14(21)15(23)13(22)7-25-17/h2-6,11,13-17,22-23H,7-8H2,1H3. The molecule has 2 saturated heterocycles. The van der Waals surface area contributed by atoms with Crippen LogP contribution in [0.4, 0.5) is 13.2 Å². The normalized spacial score (nSPS) is 30.4. The van der Waals surface area contributed by atoms with Gasteiger partial charge in [-0.15, -0.1) is 11.8 Å². The van der Waals surface area contributed by atoms with Crippen LogP contribution in [0.2, 0.25) is 0 Å². The highest BCUT2D eigenvalue weighted by molar-refractivity contribution is 8.00. The third kappa shape index (κ3) is 3.80. The smallest absolute Gasteiger partial charge is 0.277 e. The molecule has 2 aliphatic rings. The molecule has 5 nitrogen and oxygen atoms in total. The molecule has 1 aromatic carbocycles. The van der Waals surface area contributed by atoms with E-state index < -0.39 is 42.0 Å². The van der Waals surface area contributed by atoms with E-state index in [1.54, 1.807) is 12.1 Å². The lowest BCUT2D eigenvalue weighted by atomic mass is 10.0. The molecule has 5 unspecified atom stereocenters. The SMILES string of the molecule is COc1ccc(C(F)C=C(C(F)F)N2CSC3OCC(O)C(O)C32)cc1. The van der Waals surface area contributed by atoms with Crippen LogP contribution in [0.15, 0.2) is 36.0 Å². The number of thioether (sulfide) groups is 1. The maximum absolute atomic E-state index is 14.6. The second-order valence-corrected chi connectivity index (χ2v) is 7.14. The summed E-state index contributed by atoms with van der Waals surface area (Å²) in [6, 6.07) is 5.18. The Balaban J connectivity index is 1.84. The number of fused-ring (bicyclic) bond motifs is 1. The Bertz CT molecular complexity index is 645. The second kappa shape index (κ2) is 8.08. The van der Waals surface area contributed by atoms with Crippen molar-refractivity contribution in [3.63, 3.8) is 0 Å². The Labute approximate surface area is 153 Å². The number of ether oxygens (including phenoxy) is 2. The van der Waals surface area contributed by atoms with Gasteiger partial charge in [-0.25, -0.2) is 13.2 Å². The summed E-state index contributed by atoms with van der Waals surface area (Å²) < 4.78 is 52.3. The fourth-order valence-electron chi connectivity index (χ4n) is 3.07. The van der Waals surface area contributed by atoms with Crippen LogP contribution in [-0.4, -0.2) is 64.8 Å². The first-order chi connectivity index (χ1) is 12.4. The number of alkyl halides is 3. The monoisotopic (exact) mass is 391 g/mol. The summed E-state index contributed by atoms with van der Waals surface area (Å²) in [5.74, 6) is 0.652. The zero-order valence-electron chi connectivity index (χ0n) is 14.0. The average Bonchev–Trinajstić information content (AvgIpc) is 3.06. The molecule has 0 radical (unpaired) electrons. The Morgan fingerprint density at radius 2 is 2.00 bits per heavy atom. The lowest BCUT2D eigenvalue weighted by Gasteiger charge is -2.39. The molecule has 5 atom stereocenters. The highest BCUT2D eigenvalue weighted by atomic mass is 32.2. The van der Waals surface area contributed by atoms with Crippen LogP contribution in [0, 0.1) is 0 Å². The third-order valence-electron chi connectivity index (χ3n) is 4.50. The number of nitrogens with zero attached hydrogens (tertiary/aromatic N) is 1. The van der Waals surface area contributed by atoms with Crippen LogP contribution >= 0.6 is 11.8 Å². The molecule has 0 spiro atoms. The van der Waals surface area contributed by atoms with Gasteiger partial charge in [0.05, 0.1) is 31.3 Å². The molecule has 0 aromatic heterocycles. The first kappa shape index (κ1) is 19.3. The molecule has 144 valence electrons. The maximum Gasteiger partial charge on any atom is 0.277 e. The van der Waals surface area contributed by atoms with E-state index in [0.717, 1.165) is 6.08 Å². The number of halogens is 3. The molecule has 0 amide bonds. The van der Waals surface area contributed by atoms with Gasteiger partial charge < -0.3 is 24.6 Å². The summed E-state index contributed by atoms with van der Waals surface area (Å²) in [4.78, 5) is 1.23. The van der Waals surface area contributed by atoms with E-state index in [9.17, 15) is 23.4 Å². The van der Waals surface area contributed by atoms with Crippen molar-refractivity contribution < 1.29 is 32.9 Å². The lowest BCUT2D eigenvalue weighted by Crippen LogP contribution is -2.55. The molecule has 1 aromatic rings.